The molecule has 25 heavy (non-hydrogen) atoms. The van der Waals surface area contributed by atoms with E-state index in [4.69, 9.17) is 0 Å². The Bertz CT molecular complexity index is 748. The molecule has 1 fully saturated rings. The number of amides is 2. The van der Waals surface area contributed by atoms with E-state index in [0.717, 1.165) is 35.3 Å². The van der Waals surface area contributed by atoms with Gasteiger partial charge in [-0.05, 0) is 36.1 Å². The summed E-state index contributed by atoms with van der Waals surface area (Å²) in [6.45, 7) is 4.60. The molecule has 130 valence electrons. The van der Waals surface area contributed by atoms with Crippen LogP contribution in [0.1, 0.15) is 31.4 Å². The van der Waals surface area contributed by atoms with E-state index in [2.05, 4.69) is 19.2 Å². The van der Waals surface area contributed by atoms with Gasteiger partial charge in [0.15, 0.2) is 0 Å². The molecule has 0 aliphatic carbocycles. The van der Waals surface area contributed by atoms with Gasteiger partial charge < -0.3 is 10.2 Å². The second-order valence-corrected chi connectivity index (χ2v) is 6.39. The first-order chi connectivity index (χ1) is 12.1. The standard InChI is InChI=1S/C21H24N2O2/c1-3-15-9-8-10-16(4-2)20(15)22-21(25)17-13-19(24)23(14-17)18-11-6-5-7-12-18/h5-12,17H,3-4,13-14H2,1-2H3,(H,22,25). The summed E-state index contributed by atoms with van der Waals surface area (Å²) in [4.78, 5) is 26.8. The van der Waals surface area contributed by atoms with Crippen molar-refractivity contribution in [3.63, 3.8) is 0 Å². The summed E-state index contributed by atoms with van der Waals surface area (Å²) >= 11 is 0. The molecule has 3 rings (SSSR count). The number of para-hydroxylation sites is 2. The molecule has 0 saturated carbocycles. The summed E-state index contributed by atoms with van der Waals surface area (Å²) in [5.41, 5.74) is 4.04. The molecule has 1 aliphatic heterocycles. The van der Waals surface area contributed by atoms with E-state index in [1.54, 1.807) is 4.90 Å². The number of hydrogen-bond donors (Lipinski definition) is 1. The zero-order chi connectivity index (χ0) is 17.8. The number of aryl methyl sites for hydroxylation is 2. The lowest BCUT2D eigenvalue weighted by atomic mass is 10.0. The Balaban J connectivity index is 1.76. The molecule has 0 bridgehead atoms. The van der Waals surface area contributed by atoms with Gasteiger partial charge in [0.2, 0.25) is 11.8 Å². The number of nitrogens with zero attached hydrogens (tertiary/aromatic N) is 1. The van der Waals surface area contributed by atoms with E-state index >= 15 is 0 Å². The van der Waals surface area contributed by atoms with Crippen molar-refractivity contribution in [2.45, 2.75) is 33.1 Å². The van der Waals surface area contributed by atoms with Gasteiger partial charge in [0, 0.05) is 24.3 Å². The number of hydrogen-bond acceptors (Lipinski definition) is 2. The molecule has 4 heteroatoms. The molecule has 1 unspecified atom stereocenters. The molecule has 2 aromatic rings. The SMILES string of the molecule is CCc1cccc(CC)c1NC(=O)C1CC(=O)N(c2ccccc2)C1. The van der Waals surface area contributed by atoms with Crippen molar-refractivity contribution in [2.75, 3.05) is 16.8 Å². The summed E-state index contributed by atoms with van der Waals surface area (Å²) in [5.74, 6) is -0.379. The van der Waals surface area contributed by atoms with Gasteiger partial charge in [-0.1, -0.05) is 50.2 Å². The van der Waals surface area contributed by atoms with Crippen molar-refractivity contribution in [3.05, 3.63) is 59.7 Å². The fourth-order valence-electron chi connectivity index (χ4n) is 3.37. The van der Waals surface area contributed by atoms with Gasteiger partial charge in [-0.15, -0.1) is 0 Å². The number of rotatable bonds is 5. The van der Waals surface area contributed by atoms with Crippen LogP contribution in [0.2, 0.25) is 0 Å². The number of carbonyl (C=O) groups excluding carboxylic acids is 2. The molecule has 1 atom stereocenters. The van der Waals surface area contributed by atoms with Crippen molar-refractivity contribution in [2.24, 2.45) is 5.92 Å². The van der Waals surface area contributed by atoms with Gasteiger partial charge in [-0.25, -0.2) is 0 Å². The van der Waals surface area contributed by atoms with Crippen LogP contribution in [0.3, 0.4) is 0 Å². The molecule has 2 aromatic carbocycles. The fourth-order valence-corrected chi connectivity index (χ4v) is 3.37. The number of benzene rings is 2. The molecule has 0 radical (unpaired) electrons. The lowest BCUT2D eigenvalue weighted by Gasteiger charge is -2.18. The molecule has 1 aliphatic rings. The van der Waals surface area contributed by atoms with Gasteiger partial charge in [0.05, 0.1) is 5.92 Å². The van der Waals surface area contributed by atoms with Crippen molar-refractivity contribution >= 4 is 23.2 Å². The minimum atomic E-state index is -0.317. The number of carbonyl (C=O) groups is 2. The fraction of sp³-hybridized carbons (Fsp3) is 0.333. The van der Waals surface area contributed by atoms with Gasteiger partial charge >= 0.3 is 0 Å². The van der Waals surface area contributed by atoms with Gasteiger partial charge in [0.1, 0.15) is 0 Å². The zero-order valence-electron chi connectivity index (χ0n) is 14.8. The monoisotopic (exact) mass is 336 g/mol. The van der Waals surface area contributed by atoms with Crippen molar-refractivity contribution in [3.8, 4) is 0 Å². The first-order valence-electron chi connectivity index (χ1n) is 8.91. The number of anilines is 2. The molecular weight excluding hydrogens is 312 g/mol. The molecule has 4 nitrogen and oxygen atoms in total. The summed E-state index contributed by atoms with van der Waals surface area (Å²) in [7, 11) is 0. The topological polar surface area (TPSA) is 49.4 Å². The first-order valence-corrected chi connectivity index (χ1v) is 8.91. The third-order valence-corrected chi connectivity index (χ3v) is 4.81. The van der Waals surface area contributed by atoms with E-state index < -0.39 is 0 Å². The van der Waals surface area contributed by atoms with Crippen LogP contribution in [0.25, 0.3) is 0 Å². The largest absolute Gasteiger partial charge is 0.325 e. The van der Waals surface area contributed by atoms with E-state index in [0.29, 0.717) is 6.54 Å². The van der Waals surface area contributed by atoms with Crippen molar-refractivity contribution in [1.29, 1.82) is 0 Å². The van der Waals surface area contributed by atoms with Crippen LogP contribution in [0, 0.1) is 5.92 Å². The molecule has 0 aromatic heterocycles. The van der Waals surface area contributed by atoms with Gasteiger partial charge in [-0.2, -0.15) is 0 Å². The second kappa shape index (κ2) is 7.51. The molecule has 1 heterocycles. The van der Waals surface area contributed by atoms with E-state index in [1.807, 2.05) is 48.5 Å². The Morgan fingerprint density at radius 3 is 2.28 bits per heavy atom. The van der Waals surface area contributed by atoms with Crippen LogP contribution in [0.15, 0.2) is 48.5 Å². The summed E-state index contributed by atoms with van der Waals surface area (Å²) in [6.07, 6.45) is 1.99. The minimum Gasteiger partial charge on any atom is -0.325 e. The quantitative estimate of drug-likeness (QED) is 0.903. The average Bonchev–Trinajstić information content (AvgIpc) is 3.04. The van der Waals surface area contributed by atoms with Crippen LogP contribution in [-0.2, 0) is 22.4 Å². The summed E-state index contributed by atoms with van der Waals surface area (Å²) in [5, 5.41) is 3.10. The summed E-state index contributed by atoms with van der Waals surface area (Å²) in [6, 6.07) is 15.7. The van der Waals surface area contributed by atoms with Gasteiger partial charge in [-0.3, -0.25) is 9.59 Å². The maximum Gasteiger partial charge on any atom is 0.229 e. The highest BCUT2D eigenvalue weighted by Crippen LogP contribution is 2.28. The molecule has 1 saturated heterocycles. The van der Waals surface area contributed by atoms with Crippen LogP contribution in [-0.4, -0.2) is 18.4 Å². The Morgan fingerprint density at radius 1 is 1.04 bits per heavy atom. The lowest BCUT2D eigenvalue weighted by Crippen LogP contribution is -2.28. The maximum absolute atomic E-state index is 12.8. The maximum atomic E-state index is 12.8. The normalized spacial score (nSPS) is 17.0. The van der Waals surface area contributed by atoms with Crippen molar-refractivity contribution < 1.29 is 9.59 Å². The molecule has 2 amide bonds. The zero-order valence-corrected chi connectivity index (χ0v) is 14.8. The van der Waals surface area contributed by atoms with E-state index in [1.165, 1.54) is 0 Å². The Kier molecular flexibility index (Phi) is 5.17. The number of nitrogens with one attached hydrogen (secondary N) is 1. The second-order valence-electron chi connectivity index (χ2n) is 6.39. The van der Waals surface area contributed by atoms with Crippen LogP contribution in [0.4, 0.5) is 11.4 Å². The van der Waals surface area contributed by atoms with Crippen LogP contribution >= 0.6 is 0 Å². The van der Waals surface area contributed by atoms with Gasteiger partial charge in [0.25, 0.3) is 0 Å². The molecular formula is C21H24N2O2. The smallest absolute Gasteiger partial charge is 0.229 e. The third kappa shape index (κ3) is 3.58. The lowest BCUT2D eigenvalue weighted by molar-refractivity contribution is -0.122. The third-order valence-electron chi connectivity index (χ3n) is 4.81. The minimum absolute atomic E-state index is 0.00541. The highest BCUT2D eigenvalue weighted by Gasteiger charge is 2.35. The predicted octanol–water partition coefficient (Wildman–Crippen LogP) is 3.80. The Morgan fingerprint density at radius 2 is 1.68 bits per heavy atom. The highest BCUT2D eigenvalue weighted by atomic mass is 16.2. The molecule has 1 N–H and O–H groups in total. The average molecular weight is 336 g/mol. The Hall–Kier alpha value is -2.62. The first kappa shape index (κ1) is 17.2. The summed E-state index contributed by atoms with van der Waals surface area (Å²) < 4.78 is 0. The van der Waals surface area contributed by atoms with Crippen LogP contribution in [0.5, 0.6) is 0 Å². The Labute approximate surface area is 148 Å². The molecule has 0 spiro atoms. The predicted molar refractivity (Wildman–Crippen MR) is 101 cm³/mol. The van der Waals surface area contributed by atoms with E-state index in [9.17, 15) is 9.59 Å². The van der Waals surface area contributed by atoms with Crippen LogP contribution < -0.4 is 10.2 Å². The highest BCUT2D eigenvalue weighted by molar-refractivity contribution is 6.03. The van der Waals surface area contributed by atoms with E-state index in [-0.39, 0.29) is 24.2 Å². The van der Waals surface area contributed by atoms with Crippen molar-refractivity contribution in [1.82, 2.24) is 0 Å².